The minimum absolute atomic E-state index is 0.115. The molecule has 0 aromatic rings. The summed E-state index contributed by atoms with van der Waals surface area (Å²) in [5.41, 5.74) is 0. The SMILES string of the molecule is CCCCCCC/C=C\C/C=C\CCCCCCCCCCCCCC(=O)OC(COCCCCCCCC/C=C\CCCCCCCCC)COC1OC(CO)C(O)C(O)C1O. The number of aliphatic hydroxyl groups excluding tert-OH is 4. The molecule has 0 bridgehead atoms. The van der Waals surface area contributed by atoms with Gasteiger partial charge in [-0.25, -0.2) is 0 Å². The van der Waals surface area contributed by atoms with Crippen molar-refractivity contribution in [2.24, 2.45) is 0 Å². The average Bonchev–Trinajstić information content (AvgIpc) is 3.28. The number of esters is 1. The van der Waals surface area contributed by atoms with Crippen molar-refractivity contribution in [1.82, 2.24) is 0 Å². The second kappa shape index (κ2) is 45.6. The van der Waals surface area contributed by atoms with Gasteiger partial charge in [-0.3, -0.25) is 4.79 Å². The van der Waals surface area contributed by atoms with Crippen molar-refractivity contribution in [1.29, 1.82) is 0 Å². The van der Waals surface area contributed by atoms with Crippen molar-refractivity contribution < 1.29 is 44.2 Å². The summed E-state index contributed by atoms with van der Waals surface area (Å²) in [6, 6.07) is 0. The second-order valence-corrected chi connectivity index (χ2v) is 18.3. The summed E-state index contributed by atoms with van der Waals surface area (Å²) in [6.07, 6.45) is 48.9. The van der Waals surface area contributed by atoms with Crippen molar-refractivity contribution in [3.8, 4) is 0 Å². The van der Waals surface area contributed by atoms with E-state index in [1.807, 2.05) is 0 Å². The third-order valence-electron chi connectivity index (χ3n) is 12.3. The van der Waals surface area contributed by atoms with Gasteiger partial charge in [-0.2, -0.15) is 0 Å². The first-order valence-corrected chi connectivity index (χ1v) is 26.6. The highest BCUT2D eigenvalue weighted by Crippen LogP contribution is 2.23. The highest BCUT2D eigenvalue weighted by molar-refractivity contribution is 5.69. The maximum Gasteiger partial charge on any atom is 0.306 e. The monoisotopic (exact) mass is 893 g/mol. The fraction of sp³-hybridized carbons (Fsp3) is 0.870. The van der Waals surface area contributed by atoms with Crippen LogP contribution in [-0.2, 0) is 23.7 Å². The maximum atomic E-state index is 12.8. The molecule has 0 spiro atoms. The van der Waals surface area contributed by atoms with Crippen LogP contribution in [0.4, 0.5) is 0 Å². The first-order chi connectivity index (χ1) is 30.9. The molecule has 370 valence electrons. The van der Waals surface area contributed by atoms with E-state index in [0.717, 1.165) is 38.5 Å². The number of hydrogen-bond acceptors (Lipinski definition) is 9. The zero-order valence-electron chi connectivity index (χ0n) is 40.8. The molecular formula is C54H100O9. The predicted octanol–water partition coefficient (Wildman–Crippen LogP) is 13.1. The van der Waals surface area contributed by atoms with Crippen molar-refractivity contribution in [3.63, 3.8) is 0 Å². The number of ether oxygens (including phenoxy) is 4. The highest BCUT2D eigenvalue weighted by atomic mass is 16.7. The summed E-state index contributed by atoms with van der Waals surface area (Å²) in [5, 5.41) is 40.3. The molecule has 1 rings (SSSR count). The van der Waals surface area contributed by atoms with Gasteiger partial charge in [-0.1, -0.05) is 198 Å². The molecule has 0 radical (unpaired) electrons. The van der Waals surface area contributed by atoms with Gasteiger partial charge in [-0.15, -0.1) is 0 Å². The third kappa shape index (κ3) is 36.2. The summed E-state index contributed by atoms with van der Waals surface area (Å²) >= 11 is 0. The minimum atomic E-state index is -1.54. The zero-order valence-corrected chi connectivity index (χ0v) is 40.8. The lowest BCUT2D eigenvalue weighted by Gasteiger charge is -2.39. The number of allylic oxidation sites excluding steroid dienone is 6. The van der Waals surface area contributed by atoms with Crippen molar-refractivity contribution >= 4 is 5.97 Å². The second-order valence-electron chi connectivity index (χ2n) is 18.3. The van der Waals surface area contributed by atoms with Gasteiger partial charge in [0.2, 0.25) is 0 Å². The number of unbranched alkanes of at least 4 members (excludes halogenated alkanes) is 29. The Hall–Kier alpha value is -1.59. The van der Waals surface area contributed by atoms with E-state index in [9.17, 15) is 25.2 Å². The van der Waals surface area contributed by atoms with Crippen LogP contribution >= 0.6 is 0 Å². The highest BCUT2D eigenvalue weighted by Gasteiger charge is 2.44. The Kier molecular flexibility index (Phi) is 43.0. The number of aliphatic hydroxyl groups is 4. The molecular weight excluding hydrogens is 793 g/mol. The quantitative estimate of drug-likeness (QED) is 0.0268. The Bertz CT molecular complexity index is 1060. The van der Waals surface area contributed by atoms with Gasteiger partial charge >= 0.3 is 5.97 Å². The number of carbonyl (C=O) groups excluding carboxylic acids is 1. The van der Waals surface area contributed by atoms with E-state index < -0.39 is 43.4 Å². The molecule has 9 nitrogen and oxygen atoms in total. The van der Waals surface area contributed by atoms with Gasteiger partial charge in [0.25, 0.3) is 0 Å². The van der Waals surface area contributed by atoms with Crippen LogP contribution in [0.5, 0.6) is 0 Å². The summed E-state index contributed by atoms with van der Waals surface area (Å²) < 4.78 is 22.9. The van der Waals surface area contributed by atoms with Crippen LogP contribution in [0, 0.1) is 0 Å². The van der Waals surface area contributed by atoms with Gasteiger partial charge in [0, 0.05) is 13.0 Å². The molecule has 0 saturated carbocycles. The number of carbonyl (C=O) groups is 1. The molecule has 1 heterocycles. The van der Waals surface area contributed by atoms with Gasteiger partial charge < -0.3 is 39.4 Å². The van der Waals surface area contributed by atoms with Crippen LogP contribution in [0.25, 0.3) is 0 Å². The number of hydrogen-bond donors (Lipinski definition) is 4. The summed E-state index contributed by atoms with van der Waals surface area (Å²) in [4.78, 5) is 12.8. The van der Waals surface area contributed by atoms with Crippen molar-refractivity contribution in [2.75, 3.05) is 26.4 Å². The molecule has 1 fully saturated rings. The van der Waals surface area contributed by atoms with E-state index in [1.54, 1.807) is 0 Å². The molecule has 4 N–H and O–H groups in total. The Morgan fingerprint density at radius 1 is 0.508 bits per heavy atom. The van der Waals surface area contributed by atoms with Crippen LogP contribution in [0.3, 0.4) is 0 Å². The van der Waals surface area contributed by atoms with E-state index in [-0.39, 0.29) is 19.2 Å². The molecule has 0 aromatic carbocycles. The van der Waals surface area contributed by atoms with E-state index in [2.05, 4.69) is 50.3 Å². The Morgan fingerprint density at radius 3 is 1.38 bits per heavy atom. The van der Waals surface area contributed by atoms with E-state index >= 15 is 0 Å². The molecule has 0 aliphatic carbocycles. The first kappa shape index (κ1) is 59.4. The molecule has 0 amide bonds. The molecule has 1 saturated heterocycles. The van der Waals surface area contributed by atoms with Gasteiger partial charge in [0.1, 0.15) is 30.5 Å². The Balaban J connectivity index is 2.19. The fourth-order valence-corrected chi connectivity index (χ4v) is 8.11. The van der Waals surface area contributed by atoms with Crippen LogP contribution in [0.15, 0.2) is 36.5 Å². The van der Waals surface area contributed by atoms with Crippen molar-refractivity contribution in [2.45, 2.75) is 275 Å². The fourth-order valence-electron chi connectivity index (χ4n) is 8.11. The molecule has 6 atom stereocenters. The van der Waals surface area contributed by atoms with Crippen LogP contribution in [0.2, 0.25) is 0 Å². The average molecular weight is 893 g/mol. The topological polar surface area (TPSA) is 135 Å². The predicted molar refractivity (Wildman–Crippen MR) is 261 cm³/mol. The normalized spacial score (nSPS) is 19.9. The van der Waals surface area contributed by atoms with E-state index in [0.29, 0.717) is 13.0 Å². The molecule has 63 heavy (non-hydrogen) atoms. The molecule has 9 heteroatoms. The lowest BCUT2D eigenvalue weighted by molar-refractivity contribution is -0.305. The summed E-state index contributed by atoms with van der Waals surface area (Å²) in [6.45, 7) is 4.56. The van der Waals surface area contributed by atoms with Gasteiger partial charge in [0.15, 0.2) is 6.29 Å². The largest absolute Gasteiger partial charge is 0.457 e. The molecule has 0 aromatic heterocycles. The molecule has 1 aliphatic rings. The lowest BCUT2D eigenvalue weighted by Crippen LogP contribution is -2.59. The Labute approximate surface area is 387 Å². The summed E-state index contributed by atoms with van der Waals surface area (Å²) in [7, 11) is 0. The summed E-state index contributed by atoms with van der Waals surface area (Å²) in [5.74, 6) is -0.315. The van der Waals surface area contributed by atoms with Crippen LogP contribution in [-0.4, -0.2) is 89.6 Å². The van der Waals surface area contributed by atoms with Gasteiger partial charge in [-0.05, 0) is 70.6 Å². The third-order valence-corrected chi connectivity index (χ3v) is 12.3. The Morgan fingerprint density at radius 2 is 0.921 bits per heavy atom. The minimum Gasteiger partial charge on any atom is -0.457 e. The van der Waals surface area contributed by atoms with E-state index in [1.165, 1.54) is 180 Å². The lowest BCUT2D eigenvalue weighted by atomic mass is 9.99. The smallest absolute Gasteiger partial charge is 0.306 e. The number of rotatable bonds is 46. The van der Waals surface area contributed by atoms with Crippen molar-refractivity contribution in [3.05, 3.63) is 36.5 Å². The first-order valence-electron chi connectivity index (χ1n) is 26.6. The maximum absolute atomic E-state index is 12.8. The molecule has 6 unspecified atom stereocenters. The van der Waals surface area contributed by atoms with Gasteiger partial charge in [0.05, 0.1) is 19.8 Å². The molecule has 1 aliphatic heterocycles. The van der Waals surface area contributed by atoms with Crippen LogP contribution < -0.4 is 0 Å². The van der Waals surface area contributed by atoms with Crippen LogP contribution in [0.1, 0.15) is 239 Å². The zero-order chi connectivity index (χ0) is 45.7. The standard InChI is InChI=1S/C54H100O9/c1-3-5-7-9-11-13-15-17-19-21-22-23-24-25-26-27-29-31-33-35-37-39-41-43-50(56)62-48(47-61-54-53(59)52(58)51(57)49(45-55)63-54)46-60-44-42-40-38-36-34-32-30-28-20-18-16-14-12-10-8-6-4-2/h15,17,20-22,28,48-49,51-55,57-59H,3-14,16,18-19,23-27,29-47H2,1-2H3/b17-15-,22-21-,28-20-. The van der Waals surface area contributed by atoms with E-state index in [4.69, 9.17) is 18.9 Å².